The normalized spacial score (nSPS) is 15.2. The van der Waals surface area contributed by atoms with Gasteiger partial charge in [0.1, 0.15) is 17.9 Å². The molecule has 1 aliphatic heterocycles. The number of carbonyl (C=O) groups excluding carboxylic acids is 3. The molecule has 3 heterocycles. The molecule has 5 N–H and O–H groups in total. The van der Waals surface area contributed by atoms with E-state index in [9.17, 15) is 14.4 Å². The third-order valence-electron chi connectivity index (χ3n) is 6.10. The summed E-state index contributed by atoms with van der Waals surface area (Å²) in [6.45, 7) is 2.37. The molecular formula is C25H26N8O3. The van der Waals surface area contributed by atoms with Crippen molar-refractivity contribution in [3.63, 3.8) is 0 Å². The fourth-order valence-corrected chi connectivity index (χ4v) is 4.36. The van der Waals surface area contributed by atoms with Crippen LogP contribution in [0, 0.1) is 18.3 Å². The number of pyridine rings is 1. The summed E-state index contributed by atoms with van der Waals surface area (Å²) < 4.78 is 1.13. The van der Waals surface area contributed by atoms with Crippen LogP contribution in [0.15, 0.2) is 42.6 Å². The van der Waals surface area contributed by atoms with Gasteiger partial charge in [0.25, 0.3) is 11.8 Å². The van der Waals surface area contributed by atoms with Crippen LogP contribution in [-0.4, -0.2) is 43.8 Å². The van der Waals surface area contributed by atoms with E-state index in [2.05, 4.69) is 15.3 Å². The van der Waals surface area contributed by atoms with Gasteiger partial charge in [-0.2, -0.15) is 5.26 Å². The number of primary amides is 1. The molecule has 1 saturated heterocycles. The third kappa shape index (κ3) is 4.88. The lowest BCUT2D eigenvalue weighted by Gasteiger charge is -2.34. The summed E-state index contributed by atoms with van der Waals surface area (Å²) in [5.41, 5.74) is 7.77. The molecule has 11 heteroatoms. The Kier molecular flexibility index (Phi) is 6.96. The topological polar surface area (TPSA) is 173 Å². The van der Waals surface area contributed by atoms with Gasteiger partial charge < -0.3 is 21.8 Å². The van der Waals surface area contributed by atoms with Crippen LogP contribution in [0.25, 0.3) is 11.3 Å². The first kappa shape index (κ1) is 24.4. The van der Waals surface area contributed by atoms with Gasteiger partial charge in [-0.3, -0.25) is 14.4 Å². The number of aromatic nitrogens is 3. The van der Waals surface area contributed by atoms with Crippen LogP contribution in [0.1, 0.15) is 64.0 Å². The van der Waals surface area contributed by atoms with Crippen LogP contribution in [-0.2, 0) is 4.79 Å². The smallest absolute Gasteiger partial charge is 0.269 e. The zero-order valence-electron chi connectivity index (χ0n) is 19.8. The fourth-order valence-electron chi connectivity index (χ4n) is 4.36. The lowest BCUT2D eigenvalue weighted by molar-refractivity contribution is -0.134. The number of amides is 3. The molecule has 1 aromatic carbocycles. The van der Waals surface area contributed by atoms with Gasteiger partial charge >= 0.3 is 0 Å². The first-order chi connectivity index (χ1) is 17.3. The Morgan fingerprint density at radius 3 is 2.61 bits per heavy atom. The SMILES string of the molecule is Cc1ccnc(NC(=O)c2ccc(-c3nc([C@@H]4CCCCN4C(=O)CC#N)n(N)c3C(N)=O)cc2)c1. The summed E-state index contributed by atoms with van der Waals surface area (Å²) in [5, 5.41) is 11.7. The summed E-state index contributed by atoms with van der Waals surface area (Å²) in [7, 11) is 0. The van der Waals surface area contributed by atoms with Crippen LogP contribution in [0.2, 0.25) is 0 Å². The number of nitrogens with one attached hydrogen (secondary N) is 1. The van der Waals surface area contributed by atoms with Crippen molar-refractivity contribution in [1.82, 2.24) is 19.5 Å². The van der Waals surface area contributed by atoms with Crippen molar-refractivity contribution in [3.8, 4) is 17.3 Å². The van der Waals surface area contributed by atoms with E-state index in [0.29, 0.717) is 35.7 Å². The highest BCUT2D eigenvalue weighted by Crippen LogP contribution is 2.33. The van der Waals surface area contributed by atoms with Crippen LogP contribution >= 0.6 is 0 Å². The number of anilines is 1. The molecule has 1 fully saturated rings. The second-order valence-electron chi connectivity index (χ2n) is 8.58. The number of likely N-dealkylation sites (tertiary alicyclic amines) is 1. The van der Waals surface area contributed by atoms with E-state index in [0.717, 1.165) is 23.1 Å². The Bertz CT molecular complexity index is 1360. The second kappa shape index (κ2) is 10.3. The van der Waals surface area contributed by atoms with Gasteiger partial charge in [0, 0.05) is 23.9 Å². The Labute approximate surface area is 207 Å². The Morgan fingerprint density at radius 2 is 1.94 bits per heavy atom. The molecule has 0 spiro atoms. The maximum atomic E-state index is 12.6. The molecule has 0 unspecified atom stereocenters. The molecule has 2 aromatic heterocycles. The quantitative estimate of drug-likeness (QED) is 0.448. The van der Waals surface area contributed by atoms with Crippen molar-refractivity contribution in [3.05, 3.63) is 65.2 Å². The Morgan fingerprint density at radius 1 is 1.19 bits per heavy atom. The van der Waals surface area contributed by atoms with Crippen molar-refractivity contribution in [2.24, 2.45) is 5.73 Å². The molecule has 11 nitrogen and oxygen atoms in total. The second-order valence-corrected chi connectivity index (χ2v) is 8.58. The molecule has 36 heavy (non-hydrogen) atoms. The average molecular weight is 487 g/mol. The number of nitriles is 1. The number of hydrogen-bond acceptors (Lipinski definition) is 7. The standard InChI is InChI=1S/C25H26N8O3/c1-15-10-12-29-19(14-15)30-25(36)17-7-5-16(6-8-17)21-22(23(27)35)33(28)24(31-21)18-4-2-3-13-32(18)20(34)9-11-26/h5-8,10,12,14,18H,2-4,9,13,28H2,1H3,(H2,27,35)(H,29,30,36)/t18-/m0/s1. The van der Waals surface area contributed by atoms with Crippen LogP contribution in [0.4, 0.5) is 5.82 Å². The Balaban J connectivity index is 1.65. The van der Waals surface area contributed by atoms with E-state index in [-0.39, 0.29) is 29.6 Å². The van der Waals surface area contributed by atoms with Crippen molar-refractivity contribution in [2.45, 2.75) is 38.6 Å². The number of benzene rings is 1. The van der Waals surface area contributed by atoms with Crippen LogP contribution in [0.3, 0.4) is 0 Å². The number of piperidine rings is 1. The Hall–Kier alpha value is -4.72. The summed E-state index contributed by atoms with van der Waals surface area (Å²) in [5.74, 6) is 5.59. The van der Waals surface area contributed by atoms with Gasteiger partial charge in [-0.25, -0.2) is 14.6 Å². The van der Waals surface area contributed by atoms with Crippen molar-refractivity contribution in [2.75, 3.05) is 17.7 Å². The first-order valence-corrected chi connectivity index (χ1v) is 11.5. The minimum Gasteiger partial charge on any atom is -0.364 e. The number of nitrogens with two attached hydrogens (primary N) is 2. The third-order valence-corrected chi connectivity index (χ3v) is 6.10. The zero-order chi connectivity index (χ0) is 25.8. The number of imidazole rings is 1. The average Bonchev–Trinajstić information content (AvgIpc) is 3.21. The first-order valence-electron chi connectivity index (χ1n) is 11.5. The molecular weight excluding hydrogens is 460 g/mol. The predicted octanol–water partition coefficient (Wildman–Crippen LogP) is 2.29. The maximum absolute atomic E-state index is 12.6. The lowest BCUT2D eigenvalue weighted by Crippen LogP contribution is -2.40. The van der Waals surface area contributed by atoms with Crippen LogP contribution < -0.4 is 16.9 Å². The van der Waals surface area contributed by atoms with E-state index < -0.39 is 11.9 Å². The van der Waals surface area contributed by atoms with Gasteiger partial charge in [0.2, 0.25) is 5.91 Å². The number of rotatable bonds is 6. The molecule has 3 amide bonds. The zero-order valence-corrected chi connectivity index (χ0v) is 19.8. The summed E-state index contributed by atoms with van der Waals surface area (Å²) in [6.07, 6.45) is 3.60. The van der Waals surface area contributed by atoms with Crippen molar-refractivity contribution >= 4 is 23.5 Å². The highest BCUT2D eigenvalue weighted by atomic mass is 16.2. The van der Waals surface area contributed by atoms with E-state index in [1.165, 1.54) is 0 Å². The molecule has 0 saturated carbocycles. The monoisotopic (exact) mass is 486 g/mol. The number of carbonyl (C=O) groups is 3. The molecule has 0 bridgehead atoms. The molecule has 0 aliphatic carbocycles. The van der Waals surface area contributed by atoms with E-state index >= 15 is 0 Å². The van der Waals surface area contributed by atoms with Gasteiger partial charge in [0.05, 0.1) is 12.1 Å². The van der Waals surface area contributed by atoms with Gasteiger partial charge in [0.15, 0.2) is 11.5 Å². The van der Waals surface area contributed by atoms with E-state index in [1.807, 2.05) is 19.1 Å². The maximum Gasteiger partial charge on any atom is 0.269 e. The van der Waals surface area contributed by atoms with Gasteiger partial charge in [-0.15, -0.1) is 0 Å². The highest BCUT2D eigenvalue weighted by Gasteiger charge is 2.33. The summed E-state index contributed by atoms with van der Waals surface area (Å²) in [4.78, 5) is 47.8. The molecule has 184 valence electrons. The van der Waals surface area contributed by atoms with E-state index in [1.54, 1.807) is 41.4 Å². The lowest BCUT2D eigenvalue weighted by atomic mass is 10.0. The summed E-state index contributed by atoms with van der Waals surface area (Å²) in [6, 6.07) is 11.5. The van der Waals surface area contributed by atoms with Gasteiger partial charge in [-0.05, 0) is 56.0 Å². The number of hydrogen-bond donors (Lipinski definition) is 3. The molecule has 3 aromatic rings. The molecule has 4 rings (SSSR count). The number of nitrogen functional groups attached to an aromatic ring is 1. The van der Waals surface area contributed by atoms with Crippen molar-refractivity contribution in [1.29, 1.82) is 5.26 Å². The van der Waals surface area contributed by atoms with E-state index in [4.69, 9.17) is 16.8 Å². The predicted molar refractivity (Wildman–Crippen MR) is 132 cm³/mol. The number of nitrogens with zero attached hydrogens (tertiary/aromatic N) is 5. The van der Waals surface area contributed by atoms with Crippen molar-refractivity contribution < 1.29 is 14.4 Å². The molecule has 0 radical (unpaired) electrons. The minimum absolute atomic E-state index is 0.00980. The largest absolute Gasteiger partial charge is 0.364 e. The highest BCUT2D eigenvalue weighted by molar-refractivity contribution is 6.04. The summed E-state index contributed by atoms with van der Waals surface area (Å²) >= 11 is 0. The number of aryl methyl sites for hydroxylation is 1. The minimum atomic E-state index is -0.774. The van der Waals surface area contributed by atoms with Gasteiger partial charge in [-0.1, -0.05) is 12.1 Å². The molecule has 1 atom stereocenters. The fraction of sp³-hybridized carbons (Fsp3) is 0.280. The molecule has 1 aliphatic rings. The van der Waals surface area contributed by atoms with Crippen LogP contribution in [0.5, 0.6) is 0 Å².